The van der Waals surface area contributed by atoms with Crippen molar-refractivity contribution in [3.63, 3.8) is 0 Å². The van der Waals surface area contributed by atoms with Crippen LogP contribution in [0.1, 0.15) is 26.7 Å². The third-order valence-electron chi connectivity index (χ3n) is 0.354. The van der Waals surface area contributed by atoms with E-state index in [4.69, 9.17) is 5.11 Å². The number of rotatable bonds is 1. The average molecular weight is 194 g/mol. The second-order valence-electron chi connectivity index (χ2n) is 1.17. The molecule has 0 aromatic heterocycles. The maximum atomic E-state index is 7.57. The van der Waals surface area contributed by atoms with Crippen LogP contribution in [-0.2, 0) is 26.2 Å². The maximum Gasteiger partial charge on any atom is 0.0402 e. The fraction of sp³-hybridized carbons (Fsp3) is 0.833. The summed E-state index contributed by atoms with van der Waals surface area (Å²) in [5, 5.41) is 7.57. The van der Waals surface area contributed by atoms with Crippen LogP contribution in [0, 0.1) is 6.92 Å². The van der Waals surface area contributed by atoms with E-state index in [2.05, 4.69) is 13.8 Å². The minimum Gasteiger partial charge on any atom is -0.397 e. The van der Waals surface area contributed by atoms with E-state index in [-0.39, 0.29) is 32.8 Å². The normalized spacial score (nSPS) is 6.00. The second kappa shape index (κ2) is 24.9. The van der Waals surface area contributed by atoms with Crippen molar-refractivity contribution in [2.75, 3.05) is 6.61 Å². The molecule has 1 nitrogen and oxygen atoms in total. The molecule has 0 rings (SSSR count). The van der Waals surface area contributed by atoms with Crippen molar-refractivity contribution in [3.05, 3.63) is 6.92 Å². The molecule has 0 saturated heterocycles. The molecule has 0 aromatic carbocycles. The monoisotopic (exact) mass is 193 g/mol. The summed E-state index contributed by atoms with van der Waals surface area (Å²) in [4.78, 5) is 0. The Morgan fingerprint density at radius 1 is 1.38 bits per heavy atom. The zero-order chi connectivity index (χ0) is 6.12. The summed E-state index contributed by atoms with van der Waals surface area (Å²) in [6, 6.07) is 0. The van der Waals surface area contributed by atoms with Gasteiger partial charge in [0.05, 0.1) is 0 Å². The van der Waals surface area contributed by atoms with Gasteiger partial charge >= 0.3 is 0 Å². The molecule has 0 aliphatic carbocycles. The first-order valence-electron chi connectivity index (χ1n) is 2.73. The van der Waals surface area contributed by atoms with Gasteiger partial charge in [0, 0.05) is 32.8 Å². The summed E-state index contributed by atoms with van der Waals surface area (Å²) < 4.78 is 0. The number of unbranched alkanes of at least 4 members (excludes halogenated alkanes) is 1. The molecule has 0 amide bonds. The van der Waals surface area contributed by atoms with Gasteiger partial charge < -0.3 is 12.0 Å². The number of hydrogen-bond donors (Lipinski definition) is 1. The molecule has 0 aromatic rings. The molecule has 1 N–H and O–H groups in total. The van der Waals surface area contributed by atoms with Crippen LogP contribution < -0.4 is 0 Å². The summed E-state index contributed by atoms with van der Waals surface area (Å²) in [6.07, 6.45) is 2.28. The van der Waals surface area contributed by atoms with E-state index in [1.165, 1.54) is 6.42 Å². The van der Waals surface area contributed by atoms with Gasteiger partial charge in [0.25, 0.3) is 0 Å². The van der Waals surface area contributed by atoms with Crippen molar-refractivity contribution < 1.29 is 31.3 Å². The number of hydrogen-bond acceptors (Lipinski definition) is 1. The average Bonchev–Trinajstić information content (AvgIpc) is 1.69. The van der Waals surface area contributed by atoms with Crippen LogP contribution in [0.15, 0.2) is 0 Å². The van der Waals surface area contributed by atoms with E-state index < -0.39 is 0 Å². The Labute approximate surface area is 71.6 Å². The summed E-state index contributed by atoms with van der Waals surface area (Å²) in [5.74, 6) is 0. The maximum absolute atomic E-state index is 7.57. The van der Waals surface area contributed by atoms with Gasteiger partial charge in [0.2, 0.25) is 0 Å². The third-order valence-corrected chi connectivity index (χ3v) is 0.354. The Bertz CT molecular complexity index is 16.0. The van der Waals surface area contributed by atoms with E-state index >= 15 is 0 Å². The summed E-state index contributed by atoms with van der Waals surface area (Å²) >= 11 is 0. The Morgan fingerprint density at radius 2 is 1.50 bits per heavy atom. The Kier molecular flexibility index (Phi) is 49.5. The van der Waals surface area contributed by atoms with Gasteiger partial charge in [-0.3, -0.25) is 0 Å². The molecule has 2 heteroatoms. The molecule has 0 aliphatic heterocycles. The summed E-state index contributed by atoms with van der Waals surface area (Å²) in [7, 11) is 0. The Hall–Kier alpha value is 0.843. The Balaban J connectivity index is -0.0000000575. The minimum absolute atomic E-state index is 0. The topological polar surface area (TPSA) is 20.2 Å². The largest absolute Gasteiger partial charge is 0.397 e. The fourth-order valence-electron chi connectivity index (χ4n) is 0. The van der Waals surface area contributed by atoms with Crippen LogP contribution in [0.2, 0.25) is 0 Å². The molecule has 50 valence electrons. The molecule has 0 bridgehead atoms. The van der Waals surface area contributed by atoms with Gasteiger partial charge in [-0.15, -0.1) is 0 Å². The molecule has 0 heterocycles. The van der Waals surface area contributed by atoms with Crippen LogP contribution >= 0.6 is 0 Å². The molecule has 0 radical (unpaired) electrons. The summed E-state index contributed by atoms with van der Waals surface area (Å²) in [5.41, 5.74) is 0. The van der Waals surface area contributed by atoms with Crippen molar-refractivity contribution in [2.45, 2.75) is 26.7 Å². The first-order chi connectivity index (χ1) is 3.33. The van der Waals surface area contributed by atoms with Crippen LogP contribution in [0.5, 0.6) is 0 Å². The van der Waals surface area contributed by atoms with Crippen LogP contribution in [0.3, 0.4) is 0 Å². The minimum atomic E-state index is 0. The predicted molar refractivity (Wildman–Crippen MR) is 33.0 cm³/mol. The van der Waals surface area contributed by atoms with Crippen molar-refractivity contribution in [3.8, 4) is 0 Å². The zero-order valence-electron chi connectivity index (χ0n) is 5.78. The molecule has 0 atom stereocenters. The van der Waals surface area contributed by atoms with Gasteiger partial charge in [-0.05, 0) is 6.92 Å². The number of aliphatic hydroxyl groups excluding tert-OH is 1. The van der Waals surface area contributed by atoms with Crippen LogP contribution in [0.25, 0.3) is 0 Å². The van der Waals surface area contributed by atoms with Gasteiger partial charge in [0.1, 0.15) is 0 Å². The SMILES string of the molecule is CCO.[CH2-]CCC.[Zr]. The zero-order valence-corrected chi connectivity index (χ0v) is 8.23. The van der Waals surface area contributed by atoms with Gasteiger partial charge in [-0.1, -0.05) is 13.3 Å². The molecular formula is C6H15OZr-. The molecule has 8 heavy (non-hydrogen) atoms. The van der Waals surface area contributed by atoms with Crippen molar-refractivity contribution in [2.24, 2.45) is 0 Å². The molecule has 0 saturated carbocycles. The molecule has 0 fully saturated rings. The first kappa shape index (κ1) is 15.9. The quantitative estimate of drug-likeness (QED) is 0.629. The number of aliphatic hydroxyl groups is 1. The van der Waals surface area contributed by atoms with E-state index in [1.807, 2.05) is 0 Å². The second-order valence-corrected chi connectivity index (χ2v) is 1.17. The molecule has 0 spiro atoms. The van der Waals surface area contributed by atoms with Gasteiger partial charge in [-0.2, -0.15) is 6.42 Å². The fourth-order valence-corrected chi connectivity index (χ4v) is 0. The van der Waals surface area contributed by atoms with E-state index in [9.17, 15) is 0 Å². The van der Waals surface area contributed by atoms with E-state index in [0.29, 0.717) is 0 Å². The van der Waals surface area contributed by atoms with Crippen molar-refractivity contribution in [1.29, 1.82) is 0 Å². The predicted octanol–water partition coefficient (Wildman–Crippen LogP) is 1.62. The Morgan fingerprint density at radius 3 is 1.50 bits per heavy atom. The van der Waals surface area contributed by atoms with Crippen molar-refractivity contribution >= 4 is 0 Å². The summed E-state index contributed by atoms with van der Waals surface area (Å²) in [6.45, 7) is 7.65. The van der Waals surface area contributed by atoms with E-state index in [1.54, 1.807) is 6.92 Å². The molecule has 0 aliphatic rings. The van der Waals surface area contributed by atoms with Crippen molar-refractivity contribution in [1.82, 2.24) is 0 Å². The smallest absolute Gasteiger partial charge is 0.0402 e. The van der Waals surface area contributed by atoms with Gasteiger partial charge in [-0.25, -0.2) is 0 Å². The van der Waals surface area contributed by atoms with Crippen LogP contribution in [0.4, 0.5) is 0 Å². The molecular weight excluding hydrogens is 179 g/mol. The van der Waals surface area contributed by atoms with E-state index in [0.717, 1.165) is 6.42 Å². The first-order valence-corrected chi connectivity index (χ1v) is 2.73. The van der Waals surface area contributed by atoms with Crippen LogP contribution in [-0.4, -0.2) is 11.7 Å². The third kappa shape index (κ3) is 68.8. The standard InChI is InChI=1S/C4H9.C2H6O.Zr/c1-3-4-2;1-2-3;/h1,3-4H2,2H3;3H,2H2,1H3;/q-1;;. The molecule has 0 unspecified atom stereocenters. The van der Waals surface area contributed by atoms with Gasteiger partial charge in [0.15, 0.2) is 0 Å².